The second-order valence-corrected chi connectivity index (χ2v) is 7.43. The molecule has 2 aromatic rings. The number of piperidine rings is 1. The number of fused-ring (bicyclic) bond motifs is 1. The average Bonchev–Trinajstić information content (AvgIpc) is 2.76. The number of aromatic nitrogens is 2. The van der Waals surface area contributed by atoms with Crippen LogP contribution in [-0.2, 0) is 16.9 Å². The molecule has 0 amide bonds. The molecule has 1 aliphatic heterocycles. The number of para-hydroxylation sites is 1. The fourth-order valence-electron chi connectivity index (χ4n) is 2.95. The summed E-state index contributed by atoms with van der Waals surface area (Å²) in [7, 11) is -1.28. The molecule has 0 unspecified atom stereocenters. The van der Waals surface area contributed by atoms with Crippen LogP contribution in [-0.4, -0.2) is 37.3 Å². The van der Waals surface area contributed by atoms with Crippen molar-refractivity contribution in [2.75, 3.05) is 19.3 Å². The third kappa shape index (κ3) is 2.23. The molecule has 0 spiro atoms. The minimum Gasteiger partial charge on any atom is -0.331 e. The van der Waals surface area contributed by atoms with Gasteiger partial charge >= 0.3 is 0 Å². The Balaban J connectivity index is 2.19. The number of nitrogens with zero attached hydrogens (tertiary/aromatic N) is 2. The predicted octanol–water partition coefficient (Wildman–Crippen LogP) is 1.44. The van der Waals surface area contributed by atoms with E-state index in [0.29, 0.717) is 16.3 Å². The van der Waals surface area contributed by atoms with Gasteiger partial charge in [-0.2, -0.15) is 0 Å². The van der Waals surface area contributed by atoms with Gasteiger partial charge < -0.3 is 9.88 Å². The Kier molecular flexibility index (Phi) is 3.30. The molecule has 1 aromatic carbocycles. The molecule has 1 fully saturated rings. The van der Waals surface area contributed by atoms with Gasteiger partial charge in [0, 0.05) is 19.2 Å². The summed E-state index contributed by atoms with van der Waals surface area (Å²) in [5.41, 5.74) is 1.49. The van der Waals surface area contributed by atoms with Gasteiger partial charge in [0.1, 0.15) is 11.3 Å². The lowest BCUT2D eigenvalue weighted by Crippen LogP contribution is -2.27. The number of hydrogen-bond donors (Lipinski definition) is 1. The summed E-state index contributed by atoms with van der Waals surface area (Å²) < 4.78 is 25.8. The molecule has 1 aliphatic rings. The number of hydrogen-bond acceptors (Lipinski definition) is 4. The Bertz CT molecular complexity index is 743. The molecule has 6 heteroatoms. The minimum atomic E-state index is -3.25. The maximum absolute atomic E-state index is 11.9. The molecule has 0 saturated carbocycles. The third-order valence-corrected chi connectivity index (χ3v) is 5.14. The van der Waals surface area contributed by atoms with Gasteiger partial charge in [0.15, 0.2) is 9.84 Å². The summed E-state index contributed by atoms with van der Waals surface area (Å²) in [6, 6.07) is 5.35. The number of imidazole rings is 1. The zero-order chi connectivity index (χ0) is 14.3. The fourth-order valence-corrected chi connectivity index (χ4v) is 3.78. The highest BCUT2D eigenvalue weighted by atomic mass is 32.2. The average molecular weight is 293 g/mol. The molecule has 1 N–H and O–H groups in total. The van der Waals surface area contributed by atoms with Crippen LogP contribution in [0.3, 0.4) is 0 Å². The van der Waals surface area contributed by atoms with Crippen LogP contribution in [0.5, 0.6) is 0 Å². The van der Waals surface area contributed by atoms with Crippen molar-refractivity contribution in [1.29, 1.82) is 0 Å². The lowest BCUT2D eigenvalue weighted by atomic mass is 9.97. The summed E-state index contributed by atoms with van der Waals surface area (Å²) in [5, 5.41) is 3.34. The second kappa shape index (κ2) is 4.86. The quantitative estimate of drug-likeness (QED) is 0.910. The maximum Gasteiger partial charge on any atom is 0.177 e. The first-order valence-corrected chi connectivity index (χ1v) is 8.74. The van der Waals surface area contributed by atoms with Crippen molar-refractivity contribution in [3.63, 3.8) is 0 Å². The molecule has 5 nitrogen and oxygen atoms in total. The lowest BCUT2D eigenvalue weighted by Gasteiger charge is -2.22. The van der Waals surface area contributed by atoms with E-state index >= 15 is 0 Å². The normalized spacial score (nSPS) is 17.7. The number of sulfone groups is 1. The van der Waals surface area contributed by atoms with Crippen LogP contribution >= 0.6 is 0 Å². The van der Waals surface area contributed by atoms with Crippen molar-refractivity contribution < 1.29 is 8.42 Å². The zero-order valence-corrected chi connectivity index (χ0v) is 12.6. The second-order valence-electron chi connectivity index (χ2n) is 5.45. The highest BCUT2D eigenvalue weighted by Gasteiger charge is 2.23. The molecular formula is C14H19N3O2S. The molecular weight excluding hydrogens is 274 g/mol. The van der Waals surface area contributed by atoms with E-state index in [9.17, 15) is 8.42 Å². The van der Waals surface area contributed by atoms with Crippen LogP contribution in [0.25, 0.3) is 11.0 Å². The largest absolute Gasteiger partial charge is 0.331 e. The molecule has 108 valence electrons. The Morgan fingerprint density at radius 2 is 2.00 bits per heavy atom. The highest BCUT2D eigenvalue weighted by Crippen LogP contribution is 2.29. The van der Waals surface area contributed by atoms with Crippen molar-refractivity contribution in [3.05, 3.63) is 24.0 Å². The SMILES string of the molecule is Cn1c(C2CCNCC2)nc2c(S(C)(=O)=O)cccc21. The van der Waals surface area contributed by atoms with E-state index in [1.807, 2.05) is 17.7 Å². The first-order valence-electron chi connectivity index (χ1n) is 6.84. The van der Waals surface area contributed by atoms with Crippen molar-refractivity contribution >= 4 is 20.9 Å². The highest BCUT2D eigenvalue weighted by molar-refractivity contribution is 7.91. The van der Waals surface area contributed by atoms with Crippen molar-refractivity contribution in [3.8, 4) is 0 Å². The smallest absolute Gasteiger partial charge is 0.177 e. The van der Waals surface area contributed by atoms with Gasteiger partial charge in [-0.05, 0) is 38.1 Å². The van der Waals surface area contributed by atoms with Crippen LogP contribution in [0, 0.1) is 0 Å². The monoisotopic (exact) mass is 293 g/mol. The Morgan fingerprint density at radius 1 is 1.30 bits per heavy atom. The predicted molar refractivity (Wildman–Crippen MR) is 78.7 cm³/mol. The Hall–Kier alpha value is -1.40. The van der Waals surface area contributed by atoms with Crippen LogP contribution in [0.15, 0.2) is 23.1 Å². The van der Waals surface area contributed by atoms with Gasteiger partial charge in [-0.15, -0.1) is 0 Å². The summed E-state index contributed by atoms with van der Waals surface area (Å²) >= 11 is 0. The maximum atomic E-state index is 11.9. The van der Waals surface area contributed by atoms with Crippen molar-refractivity contribution in [2.45, 2.75) is 23.7 Å². The summed E-state index contributed by atoms with van der Waals surface area (Å²) in [6.45, 7) is 1.99. The van der Waals surface area contributed by atoms with Crippen molar-refractivity contribution in [1.82, 2.24) is 14.9 Å². The summed E-state index contributed by atoms with van der Waals surface area (Å²) in [6.07, 6.45) is 3.33. The van der Waals surface area contributed by atoms with Gasteiger partial charge in [-0.25, -0.2) is 13.4 Å². The first-order chi connectivity index (χ1) is 9.48. The zero-order valence-electron chi connectivity index (χ0n) is 11.8. The molecule has 20 heavy (non-hydrogen) atoms. The first kappa shape index (κ1) is 13.6. The van der Waals surface area contributed by atoms with Gasteiger partial charge in [0.2, 0.25) is 0 Å². The summed E-state index contributed by atoms with van der Waals surface area (Å²) in [4.78, 5) is 4.98. The molecule has 0 atom stereocenters. The topological polar surface area (TPSA) is 64.0 Å². The molecule has 2 heterocycles. The van der Waals surface area contributed by atoms with Crippen LogP contribution < -0.4 is 5.32 Å². The number of aryl methyl sites for hydroxylation is 1. The van der Waals surface area contributed by atoms with Gasteiger partial charge in [-0.1, -0.05) is 6.07 Å². The van der Waals surface area contributed by atoms with E-state index in [-0.39, 0.29) is 0 Å². The molecule has 1 aromatic heterocycles. The van der Waals surface area contributed by atoms with E-state index in [2.05, 4.69) is 10.3 Å². The van der Waals surface area contributed by atoms with Crippen molar-refractivity contribution in [2.24, 2.45) is 7.05 Å². The number of benzene rings is 1. The third-order valence-electron chi connectivity index (χ3n) is 4.01. The van der Waals surface area contributed by atoms with Crippen LogP contribution in [0.1, 0.15) is 24.6 Å². The molecule has 0 radical (unpaired) electrons. The van der Waals surface area contributed by atoms with E-state index in [1.165, 1.54) is 6.26 Å². The summed E-state index contributed by atoms with van der Waals surface area (Å²) in [5.74, 6) is 1.40. The molecule has 3 rings (SSSR count). The Morgan fingerprint density at radius 3 is 2.65 bits per heavy atom. The molecule has 0 bridgehead atoms. The minimum absolute atomic E-state index is 0.325. The van der Waals surface area contributed by atoms with Gasteiger partial charge in [0.05, 0.1) is 10.4 Å². The van der Waals surface area contributed by atoms with Crippen LogP contribution in [0.4, 0.5) is 0 Å². The van der Waals surface area contributed by atoms with E-state index in [0.717, 1.165) is 37.3 Å². The van der Waals surface area contributed by atoms with E-state index in [4.69, 9.17) is 0 Å². The van der Waals surface area contributed by atoms with Gasteiger partial charge in [-0.3, -0.25) is 0 Å². The number of rotatable bonds is 2. The standard InChI is InChI=1S/C14H19N3O2S/c1-17-11-4-3-5-12(20(2,18)19)13(11)16-14(17)10-6-8-15-9-7-10/h3-5,10,15H,6-9H2,1-2H3. The molecule has 1 saturated heterocycles. The van der Waals surface area contributed by atoms with E-state index < -0.39 is 9.84 Å². The lowest BCUT2D eigenvalue weighted by molar-refractivity contribution is 0.438. The van der Waals surface area contributed by atoms with Gasteiger partial charge in [0.25, 0.3) is 0 Å². The van der Waals surface area contributed by atoms with E-state index in [1.54, 1.807) is 12.1 Å². The molecule has 0 aliphatic carbocycles. The number of nitrogens with one attached hydrogen (secondary N) is 1. The fraction of sp³-hybridized carbons (Fsp3) is 0.500. The van der Waals surface area contributed by atoms with Crippen LogP contribution in [0.2, 0.25) is 0 Å². The Labute approximate surface area is 118 Å².